The molecule has 1 aromatic carbocycles. The molecule has 5 heteroatoms. The fourth-order valence-corrected chi connectivity index (χ4v) is 1.10. The average molecular weight is 198 g/mol. The first-order valence-electron chi connectivity index (χ1n) is 4.03. The second kappa shape index (κ2) is 4.06. The van der Waals surface area contributed by atoms with E-state index >= 15 is 0 Å². The number of carboxylic acid groups (broad SMARTS) is 1. The summed E-state index contributed by atoms with van der Waals surface area (Å²) in [6.45, 7) is 0. The first-order chi connectivity index (χ1) is 6.52. The molecule has 1 rings (SSSR count). The standard InChI is InChI=1S/C9H11FN2O2/c10-6-2-1-3-7(11)5(6)4-8(12)9(13)14/h1-3,8H,4,11-12H2,(H,13,14)/t8-/m0/s1. The zero-order valence-corrected chi connectivity index (χ0v) is 7.40. The van der Waals surface area contributed by atoms with Gasteiger partial charge in [0.05, 0.1) is 0 Å². The SMILES string of the molecule is Nc1cccc(F)c1C[C@H](N)C(=O)O. The lowest BCUT2D eigenvalue weighted by Gasteiger charge is -2.09. The Bertz CT molecular complexity index is 334. The summed E-state index contributed by atoms with van der Waals surface area (Å²) >= 11 is 0. The van der Waals surface area contributed by atoms with Gasteiger partial charge in [-0.2, -0.15) is 0 Å². The Balaban J connectivity index is 2.91. The van der Waals surface area contributed by atoms with Crippen LogP contribution in [0.1, 0.15) is 5.56 Å². The number of nitrogen functional groups attached to an aromatic ring is 1. The Morgan fingerprint density at radius 3 is 2.71 bits per heavy atom. The minimum Gasteiger partial charge on any atom is -0.480 e. The maximum absolute atomic E-state index is 13.1. The largest absolute Gasteiger partial charge is 0.480 e. The van der Waals surface area contributed by atoms with Crippen molar-refractivity contribution in [3.63, 3.8) is 0 Å². The van der Waals surface area contributed by atoms with Crippen LogP contribution in [-0.4, -0.2) is 17.1 Å². The van der Waals surface area contributed by atoms with Crippen LogP contribution in [-0.2, 0) is 11.2 Å². The van der Waals surface area contributed by atoms with E-state index in [0.717, 1.165) is 0 Å². The van der Waals surface area contributed by atoms with Crippen LogP contribution >= 0.6 is 0 Å². The quantitative estimate of drug-likeness (QED) is 0.612. The normalized spacial score (nSPS) is 12.4. The molecule has 4 nitrogen and oxygen atoms in total. The molecule has 0 aliphatic carbocycles. The van der Waals surface area contributed by atoms with Crippen LogP contribution in [0, 0.1) is 5.82 Å². The molecule has 0 spiro atoms. The van der Waals surface area contributed by atoms with Gasteiger partial charge in [0, 0.05) is 17.7 Å². The number of halogens is 1. The molecular weight excluding hydrogens is 187 g/mol. The number of carboxylic acids is 1. The molecular formula is C9H11FN2O2. The third kappa shape index (κ3) is 2.20. The van der Waals surface area contributed by atoms with E-state index in [4.69, 9.17) is 16.6 Å². The summed E-state index contributed by atoms with van der Waals surface area (Å²) in [5.74, 6) is -1.70. The number of benzene rings is 1. The number of hydrogen-bond donors (Lipinski definition) is 3. The molecule has 0 heterocycles. The molecule has 14 heavy (non-hydrogen) atoms. The Labute approximate surface area is 80.3 Å². The van der Waals surface area contributed by atoms with Gasteiger partial charge in [-0.3, -0.25) is 4.79 Å². The van der Waals surface area contributed by atoms with Gasteiger partial charge in [-0.25, -0.2) is 4.39 Å². The zero-order valence-electron chi connectivity index (χ0n) is 7.40. The molecule has 0 aliphatic heterocycles. The molecule has 1 aromatic rings. The van der Waals surface area contributed by atoms with Crippen LogP contribution in [0.2, 0.25) is 0 Å². The molecule has 0 bridgehead atoms. The number of anilines is 1. The molecule has 0 aromatic heterocycles. The minimum atomic E-state index is -1.17. The van der Waals surface area contributed by atoms with Crippen molar-refractivity contribution >= 4 is 11.7 Å². The minimum absolute atomic E-state index is 0.103. The summed E-state index contributed by atoms with van der Waals surface area (Å²) in [4.78, 5) is 10.4. The number of nitrogens with two attached hydrogens (primary N) is 2. The van der Waals surface area contributed by atoms with Gasteiger partial charge < -0.3 is 16.6 Å². The molecule has 0 radical (unpaired) electrons. The van der Waals surface area contributed by atoms with Crippen LogP contribution < -0.4 is 11.5 Å². The van der Waals surface area contributed by atoms with Gasteiger partial charge in [0.15, 0.2) is 0 Å². The predicted molar refractivity (Wildman–Crippen MR) is 50.1 cm³/mol. The van der Waals surface area contributed by atoms with Gasteiger partial charge in [-0.1, -0.05) is 6.07 Å². The molecule has 0 unspecified atom stereocenters. The highest BCUT2D eigenvalue weighted by molar-refractivity contribution is 5.74. The van der Waals surface area contributed by atoms with Gasteiger partial charge in [0.1, 0.15) is 11.9 Å². The van der Waals surface area contributed by atoms with E-state index < -0.39 is 17.8 Å². The number of hydrogen-bond acceptors (Lipinski definition) is 3. The van der Waals surface area contributed by atoms with Crippen molar-refractivity contribution in [1.29, 1.82) is 0 Å². The highest BCUT2D eigenvalue weighted by Gasteiger charge is 2.16. The summed E-state index contributed by atoms with van der Waals surface area (Å²) in [7, 11) is 0. The van der Waals surface area contributed by atoms with Gasteiger partial charge in [-0.05, 0) is 12.1 Å². The summed E-state index contributed by atoms with van der Waals surface area (Å²) in [5.41, 5.74) is 11.1. The van der Waals surface area contributed by atoms with E-state index in [9.17, 15) is 9.18 Å². The van der Waals surface area contributed by atoms with Gasteiger partial charge in [-0.15, -0.1) is 0 Å². The van der Waals surface area contributed by atoms with Crippen LogP contribution in [0.3, 0.4) is 0 Å². The number of aliphatic carboxylic acids is 1. The Kier molecular flexibility index (Phi) is 3.03. The maximum Gasteiger partial charge on any atom is 0.320 e. The van der Waals surface area contributed by atoms with Crippen LogP contribution in [0.15, 0.2) is 18.2 Å². The average Bonchev–Trinajstić information content (AvgIpc) is 2.11. The summed E-state index contributed by atoms with van der Waals surface area (Å²) in [6.07, 6.45) is -0.103. The number of carbonyl (C=O) groups is 1. The Morgan fingerprint density at radius 1 is 1.57 bits per heavy atom. The second-order valence-electron chi connectivity index (χ2n) is 2.96. The van der Waals surface area contributed by atoms with E-state index in [1.807, 2.05) is 0 Å². The highest BCUT2D eigenvalue weighted by Crippen LogP contribution is 2.16. The molecule has 0 amide bonds. The van der Waals surface area contributed by atoms with Crippen molar-refractivity contribution in [2.45, 2.75) is 12.5 Å². The van der Waals surface area contributed by atoms with Crippen molar-refractivity contribution < 1.29 is 14.3 Å². The molecule has 0 fully saturated rings. The van der Waals surface area contributed by atoms with Crippen molar-refractivity contribution in [3.05, 3.63) is 29.6 Å². The first kappa shape index (κ1) is 10.5. The molecule has 76 valence electrons. The summed E-state index contributed by atoms with van der Waals surface area (Å²) in [5, 5.41) is 8.54. The number of rotatable bonds is 3. The lowest BCUT2D eigenvalue weighted by Crippen LogP contribution is -2.32. The summed E-state index contributed by atoms with van der Waals surface area (Å²) in [6, 6.07) is 3.06. The van der Waals surface area contributed by atoms with Gasteiger partial charge in [0.2, 0.25) is 0 Å². The Hall–Kier alpha value is -1.62. The van der Waals surface area contributed by atoms with Crippen LogP contribution in [0.25, 0.3) is 0 Å². The van der Waals surface area contributed by atoms with E-state index in [1.165, 1.54) is 18.2 Å². The molecule has 1 atom stereocenters. The van der Waals surface area contributed by atoms with Crippen molar-refractivity contribution in [2.75, 3.05) is 5.73 Å². The topological polar surface area (TPSA) is 89.3 Å². The van der Waals surface area contributed by atoms with E-state index in [-0.39, 0.29) is 17.7 Å². The zero-order chi connectivity index (χ0) is 10.7. The van der Waals surface area contributed by atoms with Crippen LogP contribution in [0.4, 0.5) is 10.1 Å². The Morgan fingerprint density at radius 2 is 2.21 bits per heavy atom. The lowest BCUT2D eigenvalue weighted by molar-refractivity contribution is -0.138. The van der Waals surface area contributed by atoms with Gasteiger partial charge in [0.25, 0.3) is 0 Å². The first-order valence-corrected chi connectivity index (χ1v) is 4.03. The molecule has 5 N–H and O–H groups in total. The molecule has 0 aliphatic rings. The van der Waals surface area contributed by atoms with Gasteiger partial charge >= 0.3 is 5.97 Å². The van der Waals surface area contributed by atoms with Crippen molar-refractivity contribution in [1.82, 2.24) is 0 Å². The second-order valence-corrected chi connectivity index (χ2v) is 2.96. The highest BCUT2D eigenvalue weighted by atomic mass is 19.1. The smallest absolute Gasteiger partial charge is 0.320 e. The predicted octanol–water partition coefficient (Wildman–Crippen LogP) is 0.362. The monoisotopic (exact) mass is 198 g/mol. The van der Waals surface area contributed by atoms with Crippen molar-refractivity contribution in [3.8, 4) is 0 Å². The fraction of sp³-hybridized carbons (Fsp3) is 0.222. The maximum atomic E-state index is 13.1. The van der Waals surface area contributed by atoms with E-state index in [2.05, 4.69) is 0 Å². The third-order valence-corrected chi connectivity index (χ3v) is 1.90. The van der Waals surface area contributed by atoms with Crippen molar-refractivity contribution in [2.24, 2.45) is 5.73 Å². The molecule has 0 saturated carbocycles. The molecule has 0 saturated heterocycles. The third-order valence-electron chi connectivity index (χ3n) is 1.90. The van der Waals surface area contributed by atoms with E-state index in [1.54, 1.807) is 0 Å². The van der Waals surface area contributed by atoms with Crippen LogP contribution in [0.5, 0.6) is 0 Å². The summed E-state index contributed by atoms with van der Waals surface area (Å²) < 4.78 is 13.1. The fourth-order valence-electron chi connectivity index (χ4n) is 1.10. The van der Waals surface area contributed by atoms with E-state index in [0.29, 0.717) is 0 Å². The lowest BCUT2D eigenvalue weighted by atomic mass is 10.0.